The zero-order chi connectivity index (χ0) is 19.6. The fraction of sp³-hybridized carbons (Fsp3) is 0.700. The minimum atomic E-state index is -0.507. The van der Waals surface area contributed by atoms with Crippen LogP contribution in [0.3, 0.4) is 0 Å². The summed E-state index contributed by atoms with van der Waals surface area (Å²) in [5.74, 6) is 1.08. The molecule has 0 aliphatic heterocycles. The minimum Gasteiger partial charge on any atom is -0.356 e. The van der Waals surface area contributed by atoms with Gasteiger partial charge in [0.2, 0.25) is 5.91 Å². The average molecular weight is 377 g/mol. The molecule has 1 aromatic rings. The molecule has 0 spiro atoms. The molecule has 1 amide bonds. The van der Waals surface area contributed by atoms with Crippen LogP contribution in [0.15, 0.2) is 23.1 Å². The van der Waals surface area contributed by atoms with Crippen molar-refractivity contribution in [1.82, 2.24) is 9.88 Å². The summed E-state index contributed by atoms with van der Waals surface area (Å²) >= 11 is 0. The summed E-state index contributed by atoms with van der Waals surface area (Å²) in [5, 5.41) is 13.8. The Labute approximate surface area is 160 Å². The number of nitro groups is 1. The molecule has 7 heteroatoms. The van der Waals surface area contributed by atoms with E-state index < -0.39 is 4.92 Å². The van der Waals surface area contributed by atoms with E-state index in [9.17, 15) is 19.7 Å². The first-order valence-electron chi connectivity index (χ1n) is 10.1. The number of carbonyl (C=O) groups is 1. The number of pyridine rings is 1. The number of unbranched alkanes of at least 4 members (excludes halogenated alkanes) is 2. The molecule has 0 unspecified atom stereocenters. The molecule has 1 saturated carbocycles. The molecule has 1 aliphatic rings. The van der Waals surface area contributed by atoms with Crippen LogP contribution in [0, 0.1) is 22.0 Å². The Bertz CT molecular complexity index is 678. The summed E-state index contributed by atoms with van der Waals surface area (Å²) < 4.78 is 1.36. The van der Waals surface area contributed by atoms with Gasteiger partial charge in [-0.1, -0.05) is 26.2 Å². The summed E-state index contributed by atoms with van der Waals surface area (Å²) in [5.41, 5.74) is -0.332. The van der Waals surface area contributed by atoms with Gasteiger partial charge in [-0.05, 0) is 44.4 Å². The van der Waals surface area contributed by atoms with Gasteiger partial charge in [0, 0.05) is 31.1 Å². The van der Waals surface area contributed by atoms with Crippen LogP contribution in [0.1, 0.15) is 64.7 Å². The monoisotopic (exact) mass is 377 g/mol. The molecule has 1 fully saturated rings. The third-order valence-electron chi connectivity index (χ3n) is 5.49. The Hall–Kier alpha value is -2.18. The summed E-state index contributed by atoms with van der Waals surface area (Å²) in [4.78, 5) is 34.3. The van der Waals surface area contributed by atoms with Crippen molar-refractivity contribution in [3.63, 3.8) is 0 Å². The standard InChI is InChI=1S/C20H31N3O4/c1-2-3-6-16-7-9-17(10-8-16)20(25)21-13-4-5-14-22-15-18(23(26)27)11-12-19(22)24/h11-12,15-17H,2-10,13-14H2,1H3,(H,21,25). The highest BCUT2D eigenvalue weighted by atomic mass is 16.6. The summed E-state index contributed by atoms with van der Waals surface area (Å²) in [6, 6.07) is 2.44. The van der Waals surface area contributed by atoms with Crippen molar-refractivity contribution in [1.29, 1.82) is 0 Å². The molecule has 0 bridgehead atoms. The van der Waals surface area contributed by atoms with Gasteiger partial charge in [-0.25, -0.2) is 0 Å². The second-order valence-corrected chi connectivity index (χ2v) is 7.53. The molecule has 1 N–H and O–H groups in total. The van der Waals surface area contributed by atoms with Gasteiger partial charge in [-0.15, -0.1) is 0 Å². The molecule has 1 aliphatic carbocycles. The molecule has 27 heavy (non-hydrogen) atoms. The molecule has 2 rings (SSSR count). The van der Waals surface area contributed by atoms with Crippen LogP contribution in [-0.4, -0.2) is 21.9 Å². The Balaban J connectivity index is 1.64. The maximum absolute atomic E-state index is 12.3. The van der Waals surface area contributed by atoms with Gasteiger partial charge in [-0.3, -0.25) is 19.7 Å². The second kappa shape index (κ2) is 10.8. The number of nitrogens with zero attached hydrogens (tertiary/aromatic N) is 2. The van der Waals surface area contributed by atoms with Gasteiger partial charge < -0.3 is 9.88 Å². The number of amides is 1. The molecule has 7 nitrogen and oxygen atoms in total. The smallest absolute Gasteiger partial charge is 0.285 e. The lowest BCUT2D eigenvalue weighted by Gasteiger charge is -2.27. The van der Waals surface area contributed by atoms with Gasteiger partial charge in [0.1, 0.15) is 0 Å². The normalized spacial score (nSPS) is 19.6. The molecule has 0 saturated heterocycles. The third-order valence-corrected chi connectivity index (χ3v) is 5.49. The quantitative estimate of drug-likeness (QED) is 0.382. The van der Waals surface area contributed by atoms with E-state index >= 15 is 0 Å². The second-order valence-electron chi connectivity index (χ2n) is 7.53. The lowest BCUT2D eigenvalue weighted by molar-refractivity contribution is -0.385. The molecule has 0 radical (unpaired) electrons. The van der Waals surface area contributed by atoms with Crippen LogP contribution in [0.2, 0.25) is 0 Å². The number of aryl methyl sites for hydroxylation is 1. The number of nitrogens with one attached hydrogen (secondary N) is 1. The third kappa shape index (κ3) is 6.81. The van der Waals surface area contributed by atoms with E-state index in [2.05, 4.69) is 12.2 Å². The topological polar surface area (TPSA) is 94.2 Å². The minimum absolute atomic E-state index is 0.0857. The highest BCUT2D eigenvalue weighted by Crippen LogP contribution is 2.31. The van der Waals surface area contributed by atoms with E-state index in [1.807, 2.05) is 0 Å². The van der Waals surface area contributed by atoms with Gasteiger partial charge in [0.15, 0.2) is 0 Å². The lowest BCUT2D eigenvalue weighted by Crippen LogP contribution is -2.34. The summed E-state index contributed by atoms with van der Waals surface area (Å²) in [6.07, 6.45) is 10.8. The maximum Gasteiger partial charge on any atom is 0.285 e. The number of rotatable bonds is 10. The predicted molar refractivity (Wildman–Crippen MR) is 105 cm³/mol. The van der Waals surface area contributed by atoms with Crippen LogP contribution >= 0.6 is 0 Å². The molecule has 0 aromatic carbocycles. The fourth-order valence-electron chi connectivity index (χ4n) is 3.77. The van der Waals surface area contributed by atoms with E-state index in [0.717, 1.165) is 38.0 Å². The highest BCUT2D eigenvalue weighted by molar-refractivity contribution is 5.78. The van der Waals surface area contributed by atoms with Gasteiger partial charge >= 0.3 is 0 Å². The SMILES string of the molecule is CCCCC1CCC(C(=O)NCCCCn2cc([N+](=O)[O-])ccc2=O)CC1. The molecule has 0 atom stereocenters. The van der Waals surface area contributed by atoms with Crippen LogP contribution in [-0.2, 0) is 11.3 Å². The zero-order valence-electron chi connectivity index (χ0n) is 16.2. The molecule has 1 aromatic heterocycles. The van der Waals surface area contributed by atoms with Crippen molar-refractivity contribution in [2.24, 2.45) is 11.8 Å². The Morgan fingerprint density at radius 2 is 1.96 bits per heavy atom. The maximum atomic E-state index is 12.3. The largest absolute Gasteiger partial charge is 0.356 e. The number of hydrogen-bond donors (Lipinski definition) is 1. The molecular weight excluding hydrogens is 346 g/mol. The first kappa shape index (κ1) is 21.1. The van der Waals surface area contributed by atoms with Gasteiger partial charge in [-0.2, -0.15) is 0 Å². The Morgan fingerprint density at radius 1 is 1.22 bits per heavy atom. The van der Waals surface area contributed by atoms with Crippen molar-refractivity contribution in [2.75, 3.05) is 6.54 Å². The van der Waals surface area contributed by atoms with Crippen LogP contribution < -0.4 is 10.9 Å². The first-order chi connectivity index (χ1) is 13.0. The average Bonchev–Trinajstić information content (AvgIpc) is 2.67. The number of aromatic nitrogens is 1. The van der Waals surface area contributed by atoms with Gasteiger partial charge in [0.25, 0.3) is 11.2 Å². The van der Waals surface area contributed by atoms with Crippen molar-refractivity contribution in [3.05, 3.63) is 38.8 Å². The highest BCUT2D eigenvalue weighted by Gasteiger charge is 2.25. The molecular formula is C20H31N3O4. The summed E-state index contributed by atoms with van der Waals surface area (Å²) in [7, 11) is 0. The van der Waals surface area contributed by atoms with E-state index in [1.54, 1.807) is 0 Å². The van der Waals surface area contributed by atoms with E-state index in [1.165, 1.54) is 42.2 Å². The lowest BCUT2D eigenvalue weighted by atomic mass is 9.79. The Morgan fingerprint density at radius 3 is 2.63 bits per heavy atom. The number of hydrogen-bond acceptors (Lipinski definition) is 4. The van der Waals surface area contributed by atoms with E-state index in [-0.39, 0.29) is 23.1 Å². The number of carbonyl (C=O) groups excluding carboxylic acids is 1. The fourth-order valence-corrected chi connectivity index (χ4v) is 3.77. The van der Waals surface area contributed by atoms with Gasteiger partial charge in [0.05, 0.1) is 11.1 Å². The molecule has 1 heterocycles. The van der Waals surface area contributed by atoms with Crippen LogP contribution in [0.5, 0.6) is 0 Å². The van der Waals surface area contributed by atoms with Crippen molar-refractivity contribution in [2.45, 2.75) is 71.3 Å². The summed E-state index contributed by atoms with van der Waals surface area (Å²) in [6.45, 7) is 3.21. The van der Waals surface area contributed by atoms with Crippen LogP contribution in [0.4, 0.5) is 5.69 Å². The van der Waals surface area contributed by atoms with Crippen molar-refractivity contribution in [3.8, 4) is 0 Å². The van der Waals surface area contributed by atoms with E-state index in [4.69, 9.17) is 0 Å². The van der Waals surface area contributed by atoms with Crippen LogP contribution in [0.25, 0.3) is 0 Å². The van der Waals surface area contributed by atoms with Crippen molar-refractivity contribution >= 4 is 11.6 Å². The zero-order valence-corrected chi connectivity index (χ0v) is 16.2. The predicted octanol–water partition coefficient (Wildman–Crippen LogP) is 3.65. The first-order valence-corrected chi connectivity index (χ1v) is 10.1. The Kier molecular flexibility index (Phi) is 8.48. The van der Waals surface area contributed by atoms with Crippen molar-refractivity contribution < 1.29 is 9.72 Å². The molecule has 150 valence electrons. The van der Waals surface area contributed by atoms with E-state index in [0.29, 0.717) is 19.5 Å².